The van der Waals surface area contributed by atoms with Crippen LogP contribution in [0.1, 0.15) is 12.1 Å². The Balaban J connectivity index is 0.00000144. The van der Waals surface area contributed by atoms with E-state index in [0.717, 1.165) is 5.69 Å². The predicted octanol–water partition coefficient (Wildman–Crippen LogP) is 1.81. The lowest BCUT2D eigenvalue weighted by Crippen LogP contribution is -2.35. The summed E-state index contributed by atoms with van der Waals surface area (Å²) in [7, 11) is 0. The molecule has 4 nitrogen and oxygen atoms in total. The van der Waals surface area contributed by atoms with Crippen molar-refractivity contribution in [1.82, 2.24) is 10.3 Å². The molecule has 1 aliphatic rings. The maximum absolute atomic E-state index is 12.8. The number of anilines is 1. The third-order valence-electron chi connectivity index (χ3n) is 2.28. The first-order valence-corrected chi connectivity index (χ1v) is 5.68. The van der Waals surface area contributed by atoms with Crippen molar-refractivity contribution < 1.29 is 13.6 Å². The number of halogens is 3. The highest BCUT2D eigenvalue weighted by Gasteiger charge is 2.42. The van der Waals surface area contributed by atoms with Gasteiger partial charge < -0.3 is 5.32 Å². The van der Waals surface area contributed by atoms with Gasteiger partial charge in [-0.25, -0.2) is 13.8 Å². The molecule has 0 radical (unpaired) electrons. The van der Waals surface area contributed by atoms with Gasteiger partial charge in [0.1, 0.15) is 0 Å². The third-order valence-corrected chi connectivity index (χ3v) is 3.15. The summed E-state index contributed by atoms with van der Waals surface area (Å²) in [6.45, 7) is 1.36. The first-order valence-electron chi connectivity index (χ1n) is 4.80. The van der Waals surface area contributed by atoms with Crippen molar-refractivity contribution >= 4 is 34.8 Å². The van der Waals surface area contributed by atoms with Gasteiger partial charge in [-0.2, -0.15) is 0 Å². The molecule has 0 aromatic carbocycles. The second-order valence-corrected chi connectivity index (χ2v) is 4.63. The number of alkyl halides is 2. The zero-order valence-corrected chi connectivity index (χ0v) is 10.6. The molecule has 0 aliphatic carbocycles. The maximum Gasteiger partial charge on any atom is 0.262 e. The Morgan fingerprint density at radius 2 is 2.41 bits per heavy atom. The average molecular weight is 284 g/mol. The fourth-order valence-corrected chi connectivity index (χ4v) is 2.20. The van der Waals surface area contributed by atoms with Gasteiger partial charge in [-0.15, -0.1) is 23.7 Å². The Morgan fingerprint density at radius 1 is 1.71 bits per heavy atom. The summed E-state index contributed by atoms with van der Waals surface area (Å²) in [6, 6.07) is -0.834. The SMILES string of the molecule is Cc1csc(NC(=O)C2CC(F)(F)CN2)n1.Cl. The van der Waals surface area contributed by atoms with Gasteiger partial charge in [-0.1, -0.05) is 0 Å². The second kappa shape index (κ2) is 5.24. The van der Waals surface area contributed by atoms with Crippen LogP contribution in [0, 0.1) is 6.92 Å². The maximum atomic E-state index is 12.8. The molecule has 1 saturated heterocycles. The lowest BCUT2D eigenvalue weighted by molar-refractivity contribution is -0.118. The molecule has 1 amide bonds. The minimum absolute atomic E-state index is 0. The summed E-state index contributed by atoms with van der Waals surface area (Å²) in [5, 5.41) is 7.23. The standard InChI is InChI=1S/C9H11F2N3OS.ClH/c1-5-3-16-8(13-5)14-7(15)6-2-9(10,11)4-12-6;/h3,6,12H,2,4H2,1H3,(H,13,14,15);1H. The minimum atomic E-state index is -2.79. The van der Waals surface area contributed by atoms with Gasteiger partial charge in [0, 0.05) is 11.8 Å². The van der Waals surface area contributed by atoms with Crippen LogP contribution >= 0.6 is 23.7 Å². The van der Waals surface area contributed by atoms with Crippen molar-refractivity contribution in [3.63, 3.8) is 0 Å². The fourth-order valence-electron chi connectivity index (χ4n) is 1.50. The monoisotopic (exact) mass is 283 g/mol. The Labute approximate surface area is 107 Å². The highest BCUT2D eigenvalue weighted by molar-refractivity contribution is 7.13. The van der Waals surface area contributed by atoms with Crippen LogP contribution in [0.5, 0.6) is 0 Å². The van der Waals surface area contributed by atoms with E-state index in [-0.39, 0.29) is 12.4 Å². The summed E-state index contributed by atoms with van der Waals surface area (Å²) < 4.78 is 25.7. The number of carbonyl (C=O) groups excluding carboxylic acids is 1. The van der Waals surface area contributed by atoms with Gasteiger partial charge in [0.2, 0.25) is 5.91 Å². The van der Waals surface area contributed by atoms with Crippen LogP contribution in [-0.2, 0) is 4.79 Å². The van der Waals surface area contributed by atoms with Crippen molar-refractivity contribution in [2.24, 2.45) is 0 Å². The van der Waals surface area contributed by atoms with E-state index < -0.39 is 30.8 Å². The van der Waals surface area contributed by atoms with Gasteiger partial charge in [-0.3, -0.25) is 10.1 Å². The highest BCUT2D eigenvalue weighted by Crippen LogP contribution is 2.26. The minimum Gasteiger partial charge on any atom is -0.301 e. The Morgan fingerprint density at radius 3 is 2.88 bits per heavy atom. The molecular weight excluding hydrogens is 272 g/mol. The van der Waals surface area contributed by atoms with Crippen LogP contribution in [0.4, 0.5) is 13.9 Å². The second-order valence-electron chi connectivity index (χ2n) is 3.78. The van der Waals surface area contributed by atoms with Crippen LogP contribution in [-0.4, -0.2) is 29.4 Å². The molecule has 0 bridgehead atoms. The van der Waals surface area contributed by atoms with Gasteiger partial charge >= 0.3 is 0 Å². The van der Waals surface area contributed by atoms with Crippen LogP contribution in [0.2, 0.25) is 0 Å². The normalized spacial score (nSPS) is 21.9. The molecule has 0 spiro atoms. The number of hydrogen-bond acceptors (Lipinski definition) is 4. The lowest BCUT2D eigenvalue weighted by Gasteiger charge is -2.08. The Hall–Kier alpha value is -0.790. The summed E-state index contributed by atoms with van der Waals surface area (Å²) in [4.78, 5) is 15.6. The number of aromatic nitrogens is 1. The van der Waals surface area contributed by atoms with Gasteiger partial charge in [0.25, 0.3) is 5.92 Å². The molecule has 1 fully saturated rings. The van der Waals surface area contributed by atoms with Crippen molar-refractivity contribution in [2.75, 3.05) is 11.9 Å². The molecule has 2 rings (SSSR count). The molecule has 1 aromatic heterocycles. The third kappa shape index (κ3) is 3.58. The van der Waals surface area contributed by atoms with E-state index in [4.69, 9.17) is 0 Å². The molecule has 2 N–H and O–H groups in total. The zero-order valence-electron chi connectivity index (χ0n) is 9.00. The average Bonchev–Trinajstić information content (AvgIpc) is 2.72. The topological polar surface area (TPSA) is 54.0 Å². The molecular formula is C9H12ClF2N3OS. The summed E-state index contributed by atoms with van der Waals surface area (Å²) in [5.74, 6) is -3.24. The van der Waals surface area contributed by atoms with Crippen LogP contribution < -0.4 is 10.6 Å². The van der Waals surface area contributed by atoms with Gasteiger partial charge in [-0.05, 0) is 6.92 Å². The van der Waals surface area contributed by atoms with E-state index in [1.54, 1.807) is 12.3 Å². The van der Waals surface area contributed by atoms with E-state index in [1.807, 2.05) is 0 Å². The predicted molar refractivity (Wildman–Crippen MR) is 64.1 cm³/mol. The van der Waals surface area contributed by atoms with Crippen LogP contribution in [0.15, 0.2) is 5.38 Å². The molecule has 1 aliphatic heterocycles. The summed E-state index contributed by atoms with van der Waals surface area (Å²) >= 11 is 1.28. The molecule has 1 aromatic rings. The fraction of sp³-hybridized carbons (Fsp3) is 0.556. The number of nitrogens with one attached hydrogen (secondary N) is 2. The number of amides is 1. The highest BCUT2D eigenvalue weighted by atomic mass is 35.5. The number of hydrogen-bond donors (Lipinski definition) is 2. The first-order chi connectivity index (χ1) is 7.46. The summed E-state index contributed by atoms with van der Waals surface area (Å²) in [6.07, 6.45) is -0.455. The van der Waals surface area contributed by atoms with Gasteiger partial charge in [0.15, 0.2) is 5.13 Å². The van der Waals surface area contributed by atoms with E-state index in [2.05, 4.69) is 15.6 Å². The largest absolute Gasteiger partial charge is 0.301 e. The lowest BCUT2D eigenvalue weighted by atomic mass is 10.2. The van der Waals surface area contributed by atoms with Crippen LogP contribution in [0.3, 0.4) is 0 Å². The molecule has 96 valence electrons. The Bertz CT molecular complexity index is 413. The number of thiazole rings is 1. The summed E-state index contributed by atoms with van der Waals surface area (Å²) in [5.41, 5.74) is 0.796. The van der Waals surface area contributed by atoms with E-state index in [0.29, 0.717) is 5.13 Å². The molecule has 0 saturated carbocycles. The molecule has 1 unspecified atom stereocenters. The van der Waals surface area contributed by atoms with E-state index in [1.165, 1.54) is 11.3 Å². The van der Waals surface area contributed by atoms with E-state index >= 15 is 0 Å². The van der Waals surface area contributed by atoms with Crippen molar-refractivity contribution in [3.05, 3.63) is 11.1 Å². The van der Waals surface area contributed by atoms with E-state index in [9.17, 15) is 13.6 Å². The number of carbonyl (C=O) groups is 1. The Kier molecular flexibility index (Phi) is 4.40. The zero-order chi connectivity index (χ0) is 11.8. The number of nitrogens with zero attached hydrogens (tertiary/aromatic N) is 1. The van der Waals surface area contributed by atoms with Crippen molar-refractivity contribution in [2.45, 2.75) is 25.3 Å². The molecule has 2 heterocycles. The molecule has 8 heteroatoms. The van der Waals surface area contributed by atoms with Crippen molar-refractivity contribution in [1.29, 1.82) is 0 Å². The number of rotatable bonds is 2. The first kappa shape index (κ1) is 14.3. The molecule has 1 atom stereocenters. The van der Waals surface area contributed by atoms with Crippen molar-refractivity contribution in [3.8, 4) is 0 Å². The molecule has 17 heavy (non-hydrogen) atoms. The smallest absolute Gasteiger partial charge is 0.262 e. The number of aryl methyl sites for hydroxylation is 1. The van der Waals surface area contributed by atoms with Crippen LogP contribution in [0.25, 0.3) is 0 Å². The quantitative estimate of drug-likeness (QED) is 0.870. The van der Waals surface area contributed by atoms with Gasteiger partial charge in [0.05, 0.1) is 18.3 Å².